The summed E-state index contributed by atoms with van der Waals surface area (Å²) in [6, 6.07) is 7.25. The number of nitrogens with zero attached hydrogens (tertiary/aromatic N) is 1. The second kappa shape index (κ2) is 6.69. The lowest BCUT2D eigenvalue weighted by Gasteiger charge is -2.07. The molecule has 110 valence electrons. The predicted molar refractivity (Wildman–Crippen MR) is 75.2 cm³/mol. The molecule has 2 rings (SSSR count). The zero-order valence-corrected chi connectivity index (χ0v) is 11.7. The molecule has 0 aliphatic heterocycles. The standard InChI is InChI=1S/C15H15NO5/c1-10(2)20-15(18)9-19-14(17)8-7-13-16-11-5-3-4-6-12(11)21-13/h3-8,10H,9H2,1-2H3/b8-7+. The first-order chi connectivity index (χ1) is 10.0. The van der Waals surface area contributed by atoms with E-state index >= 15 is 0 Å². The molecule has 0 atom stereocenters. The van der Waals surface area contributed by atoms with Crippen LogP contribution in [-0.2, 0) is 19.1 Å². The third-order valence-corrected chi connectivity index (χ3v) is 2.37. The normalized spacial score (nSPS) is 11.2. The van der Waals surface area contributed by atoms with Crippen LogP contribution in [0.25, 0.3) is 17.2 Å². The van der Waals surface area contributed by atoms with Gasteiger partial charge in [-0.25, -0.2) is 14.6 Å². The molecule has 0 aliphatic rings. The first kappa shape index (κ1) is 14.8. The average Bonchev–Trinajstić information content (AvgIpc) is 2.85. The highest BCUT2D eigenvalue weighted by molar-refractivity contribution is 5.88. The van der Waals surface area contributed by atoms with Crippen molar-refractivity contribution in [3.63, 3.8) is 0 Å². The van der Waals surface area contributed by atoms with Crippen molar-refractivity contribution < 1.29 is 23.5 Å². The van der Waals surface area contributed by atoms with Gasteiger partial charge in [0.2, 0.25) is 5.89 Å². The Balaban J connectivity index is 1.88. The van der Waals surface area contributed by atoms with Crippen molar-refractivity contribution >= 4 is 29.1 Å². The first-order valence-electron chi connectivity index (χ1n) is 6.44. The Kier molecular flexibility index (Phi) is 4.71. The van der Waals surface area contributed by atoms with E-state index in [1.165, 1.54) is 6.08 Å². The molecule has 0 amide bonds. The molecule has 1 heterocycles. The van der Waals surface area contributed by atoms with Gasteiger partial charge in [-0.3, -0.25) is 0 Å². The van der Waals surface area contributed by atoms with Crippen LogP contribution in [0.15, 0.2) is 34.8 Å². The minimum Gasteiger partial charge on any atom is -0.460 e. The zero-order chi connectivity index (χ0) is 15.2. The number of benzene rings is 1. The maximum Gasteiger partial charge on any atom is 0.344 e. The van der Waals surface area contributed by atoms with Crippen LogP contribution < -0.4 is 0 Å². The van der Waals surface area contributed by atoms with Crippen LogP contribution in [-0.4, -0.2) is 29.6 Å². The summed E-state index contributed by atoms with van der Waals surface area (Å²) in [5, 5.41) is 0. The molecule has 0 aliphatic carbocycles. The van der Waals surface area contributed by atoms with Crippen LogP contribution >= 0.6 is 0 Å². The Morgan fingerprint density at radius 2 is 2.10 bits per heavy atom. The van der Waals surface area contributed by atoms with Gasteiger partial charge in [-0.1, -0.05) is 12.1 Å². The quantitative estimate of drug-likeness (QED) is 0.621. The van der Waals surface area contributed by atoms with Crippen LogP contribution in [0.4, 0.5) is 0 Å². The number of oxazole rings is 1. The topological polar surface area (TPSA) is 78.6 Å². The number of fused-ring (bicyclic) bond motifs is 1. The SMILES string of the molecule is CC(C)OC(=O)COC(=O)/C=C/c1nc2ccccc2o1. The Hall–Kier alpha value is -2.63. The monoisotopic (exact) mass is 289 g/mol. The largest absolute Gasteiger partial charge is 0.460 e. The van der Waals surface area contributed by atoms with E-state index < -0.39 is 18.5 Å². The lowest BCUT2D eigenvalue weighted by atomic mass is 10.3. The van der Waals surface area contributed by atoms with Gasteiger partial charge < -0.3 is 13.9 Å². The number of ether oxygens (including phenoxy) is 2. The molecule has 0 unspecified atom stereocenters. The van der Waals surface area contributed by atoms with Crippen molar-refractivity contribution in [2.24, 2.45) is 0 Å². The fourth-order valence-corrected chi connectivity index (χ4v) is 1.58. The Bertz CT molecular complexity index is 639. The number of para-hydroxylation sites is 2. The zero-order valence-electron chi connectivity index (χ0n) is 11.7. The summed E-state index contributed by atoms with van der Waals surface area (Å²) < 4.78 is 15.0. The van der Waals surface area contributed by atoms with Gasteiger partial charge in [0.1, 0.15) is 5.52 Å². The lowest BCUT2D eigenvalue weighted by Crippen LogP contribution is -2.18. The van der Waals surface area contributed by atoms with Crippen LogP contribution in [0.2, 0.25) is 0 Å². The molecule has 2 aromatic rings. The number of aromatic nitrogens is 1. The molecule has 0 fully saturated rings. The summed E-state index contributed by atoms with van der Waals surface area (Å²) in [6.07, 6.45) is 2.29. The molecule has 0 saturated carbocycles. The number of hydrogen-bond donors (Lipinski definition) is 0. The van der Waals surface area contributed by atoms with Gasteiger partial charge >= 0.3 is 11.9 Å². The minimum absolute atomic E-state index is 0.244. The van der Waals surface area contributed by atoms with E-state index in [-0.39, 0.29) is 12.0 Å². The lowest BCUT2D eigenvalue weighted by molar-refractivity contribution is -0.158. The Morgan fingerprint density at radius 3 is 2.81 bits per heavy atom. The average molecular weight is 289 g/mol. The molecular formula is C15H15NO5. The molecule has 1 aromatic carbocycles. The van der Waals surface area contributed by atoms with E-state index in [0.717, 1.165) is 6.08 Å². The van der Waals surface area contributed by atoms with Crippen molar-refractivity contribution in [3.05, 3.63) is 36.2 Å². The van der Waals surface area contributed by atoms with Gasteiger partial charge in [0.15, 0.2) is 12.2 Å². The molecule has 0 spiro atoms. The molecule has 6 nitrogen and oxygen atoms in total. The van der Waals surface area contributed by atoms with Gasteiger partial charge in [-0.05, 0) is 26.0 Å². The predicted octanol–water partition coefficient (Wildman–Crippen LogP) is 2.34. The van der Waals surface area contributed by atoms with E-state index in [1.807, 2.05) is 12.1 Å². The highest BCUT2D eigenvalue weighted by Gasteiger charge is 2.08. The molecule has 1 aromatic heterocycles. The summed E-state index contributed by atoms with van der Waals surface area (Å²) in [5.41, 5.74) is 1.33. The van der Waals surface area contributed by atoms with Crippen LogP contribution in [0.5, 0.6) is 0 Å². The van der Waals surface area contributed by atoms with E-state index in [0.29, 0.717) is 11.1 Å². The number of carbonyl (C=O) groups excluding carboxylic acids is 2. The van der Waals surface area contributed by atoms with Gasteiger partial charge in [-0.2, -0.15) is 0 Å². The molecule has 6 heteroatoms. The van der Waals surface area contributed by atoms with Crippen molar-refractivity contribution in [3.8, 4) is 0 Å². The number of rotatable bonds is 5. The molecular weight excluding hydrogens is 274 g/mol. The van der Waals surface area contributed by atoms with Gasteiger partial charge in [0.25, 0.3) is 0 Å². The van der Waals surface area contributed by atoms with Crippen LogP contribution in [0.3, 0.4) is 0 Å². The second-order valence-corrected chi connectivity index (χ2v) is 4.50. The maximum absolute atomic E-state index is 11.4. The van der Waals surface area contributed by atoms with Gasteiger partial charge in [0.05, 0.1) is 6.10 Å². The Morgan fingerprint density at radius 1 is 1.33 bits per heavy atom. The van der Waals surface area contributed by atoms with Crippen molar-refractivity contribution in [2.75, 3.05) is 6.61 Å². The highest BCUT2D eigenvalue weighted by atomic mass is 16.6. The Labute approximate surface area is 121 Å². The third kappa shape index (κ3) is 4.45. The van der Waals surface area contributed by atoms with E-state index in [1.54, 1.807) is 26.0 Å². The third-order valence-electron chi connectivity index (χ3n) is 2.37. The highest BCUT2D eigenvalue weighted by Crippen LogP contribution is 2.15. The molecule has 0 bridgehead atoms. The van der Waals surface area contributed by atoms with E-state index in [4.69, 9.17) is 13.9 Å². The van der Waals surface area contributed by atoms with Crippen LogP contribution in [0.1, 0.15) is 19.7 Å². The summed E-state index contributed by atoms with van der Waals surface area (Å²) in [4.78, 5) is 26.8. The molecule has 21 heavy (non-hydrogen) atoms. The molecule has 0 radical (unpaired) electrons. The van der Waals surface area contributed by atoms with E-state index in [2.05, 4.69) is 4.98 Å². The fourth-order valence-electron chi connectivity index (χ4n) is 1.58. The van der Waals surface area contributed by atoms with Crippen molar-refractivity contribution in [1.29, 1.82) is 0 Å². The summed E-state index contributed by atoms with van der Waals surface area (Å²) in [7, 11) is 0. The van der Waals surface area contributed by atoms with E-state index in [9.17, 15) is 9.59 Å². The van der Waals surface area contributed by atoms with Gasteiger partial charge in [-0.15, -0.1) is 0 Å². The van der Waals surface area contributed by atoms with Crippen LogP contribution in [0, 0.1) is 0 Å². The second-order valence-electron chi connectivity index (χ2n) is 4.50. The summed E-state index contributed by atoms with van der Waals surface area (Å²) in [5.74, 6) is -0.968. The fraction of sp³-hybridized carbons (Fsp3) is 0.267. The molecule has 0 saturated heterocycles. The first-order valence-corrected chi connectivity index (χ1v) is 6.44. The van der Waals surface area contributed by atoms with Crippen molar-refractivity contribution in [2.45, 2.75) is 20.0 Å². The number of hydrogen-bond acceptors (Lipinski definition) is 6. The minimum atomic E-state index is -0.669. The maximum atomic E-state index is 11.4. The summed E-state index contributed by atoms with van der Waals surface area (Å²) >= 11 is 0. The summed E-state index contributed by atoms with van der Waals surface area (Å²) in [6.45, 7) is 3.01. The van der Waals surface area contributed by atoms with Gasteiger partial charge in [0, 0.05) is 12.2 Å². The smallest absolute Gasteiger partial charge is 0.344 e. The van der Waals surface area contributed by atoms with Crippen molar-refractivity contribution in [1.82, 2.24) is 4.98 Å². The molecule has 0 N–H and O–H groups in total. The number of esters is 2. The number of carbonyl (C=O) groups is 2.